The lowest BCUT2D eigenvalue weighted by Gasteiger charge is -2.37. The van der Waals surface area contributed by atoms with Crippen LogP contribution in [-0.4, -0.2) is 62.6 Å². The average molecular weight is 356 g/mol. The molecule has 1 aliphatic rings. The Kier molecular flexibility index (Phi) is 6.36. The van der Waals surface area contributed by atoms with Crippen molar-refractivity contribution < 1.29 is 14.6 Å². The molecule has 0 aromatic heterocycles. The topological polar surface area (TPSA) is 45.2 Å². The first-order valence-electron chi connectivity index (χ1n) is 9.13. The van der Waals surface area contributed by atoms with Crippen LogP contribution in [0.1, 0.15) is 5.56 Å². The van der Waals surface area contributed by atoms with Crippen LogP contribution in [-0.2, 0) is 0 Å². The van der Waals surface area contributed by atoms with Crippen LogP contribution in [0.15, 0.2) is 48.5 Å². The van der Waals surface area contributed by atoms with Crippen LogP contribution in [0.2, 0.25) is 0 Å². The van der Waals surface area contributed by atoms with Gasteiger partial charge in [-0.2, -0.15) is 0 Å². The number of benzene rings is 2. The molecule has 5 nitrogen and oxygen atoms in total. The van der Waals surface area contributed by atoms with Crippen molar-refractivity contribution in [2.24, 2.45) is 0 Å². The third-order valence-electron chi connectivity index (χ3n) is 4.71. The van der Waals surface area contributed by atoms with E-state index >= 15 is 0 Å². The maximum atomic E-state index is 10.3. The number of nitrogens with zero attached hydrogens (tertiary/aromatic N) is 2. The van der Waals surface area contributed by atoms with Crippen molar-refractivity contribution in [1.82, 2.24) is 4.90 Å². The van der Waals surface area contributed by atoms with Gasteiger partial charge in [0.05, 0.1) is 7.11 Å². The summed E-state index contributed by atoms with van der Waals surface area (Å²) in [5, 5.41) is 10.3. The van der Waals surface area contributed by atoms with Crippen LogP contribution in [0.3, 0.4) is 0 Å². The first-order chi connectivity index (χ1) is 12.6. The summed E-state index contributed by atoms with van der Waals surface area (Å²) in [4.78, 5) is 4.71. The molecule has 0 amide bonds. The number of aryl methyl sites for hydroxylation is 1. The molecule has 3 rings (SSSR count). The summed E-state index contributed by atoms with van der Waals surface area (Å²) in [6.07, 6.45) is -0.498. The third-order valence-corrected chi connectivity index (χ3v) is 4.71. The van der Waals surface area contributed by atoms with Crippen molar-refractivity contribution in [3.8, 4) is 11.5 Å². The highest BCUT2D eigenvalue weighted by Crippen LogP contribution is 2.19. The summed E-state index contributed by atoms with van der Waals surface area (Å²) in [6, 6.07) is 16.0. The predicted molar refractivity (Wildman–Crippen MR) is 104 cm³/mol. The fourth-order valence-electron chi connectivity index (χ4n) is 3.23. The fourth-order valence-corrected chi connectivity index (χ4v) is 3.23. The zero-order valence-electron chi connectivity index (χ0n) is 15.6. The maximum absolute atomic E-state index is 10.3. The molecular formula is C21H28N2O3. The highest BCUT2D eigenvalue weighted by Gasteiger charge is 2.19. The first kappa shape index (κ1) is 18.5. The van der Waals surface area contributed by atoms with Gasteiger partial charge in [0, 0.05) is 38.4 Å². The molecule has 26 heavy (non-hydrogen) atoms. The number of piperazine rings is 1. The van der Waals surface area contributed by atoms with E-state index in [1.165, 1.54) is 11.3 Å². The predicted octanol–water partition coefficient (Wildman–Crippen LogP) is 2.57. The summed E-state index contributed by atoms with van der Waals surface area (Å²) in [6.45, 7) is 6.92. The lowest BCUT2D eigenvalue weighted by molar-refractivity contribution is 0.0663. The van der Waals surface area contributed by atoms with E-state index in [1.807, 2.05) is 24.3 Å². The second kappa shape index (κ2) is 8.92. The number of aliphatic hydroxyl groups excluding tert-OH is 1. The van der Waals surface area contributed by atoms with Crippen molar-refractivity contribution in [3.05, 3.63) is 54.1 Å². The minimum atomic E-state index is -0.498. The van der Waals surface area contributed by atoms with Crippen LogP contribution < -0.4 is 14.4 Å². The van der Waals surface area contributed by atoms with E-state index in [4.69, 9.17) is 9.47 Å². The lowest BCUT2D eigenvalue weighted by Crippen LogP contribution is -2.49. The second-order valence-electron chi connectivity index (χ2n) is 6.77. The molecule has 1 atom stereocenters. The summed E-state index contributed by atoms with van der Waals surface area (Å²) in [5.41, 5.74) is 2.57. The van der Waals surface area contributed by atoms with Gasteiger partial charge in [0.25, 0.3) is 0 Å². The summed E-state index contributed by atoms with van der Waals surface area (Å²) < 4.78 is 10.8. The average Bonchev–Trinajstić information content (AvgIpc) is 2.67. The van der Waals surface area contributed by atoms with Crippen molar-refractivity contribution in [2.75, 3.05) is 51.3 Å². The van der Waals surface area contributed by atoms with Crippen molar-refractivity contribution in [1.29, 1.82) is 0 Å². The molecule has 0 aliphatic carbocycles. The van der Waals surface area contributed by atoms with Gasteiger partial charge in [0.2, 0.25) is 0 Å². The van der Waals surface area contributed by atoms with E-state index < -0.39 is 6.10 Å². The SMILES string of the molecule is COc1ccc(OC[C@@H](O)CN2CCN(c3cccc(C)c3)CC2)cc1. The van der Waals surface area contributed by atoms with Gasteiger partial charge in [-0.3, -0.25) is 4.90 Å². The molecule has 2 aromatic rings. The zero-order chi connectivity index (χ0) is 18.4. The molecule has 0 bridgehead atoms. The van der Waals surface area contributed by atoms with Gasteiger partial charge in [0.1, 0.15) is 24.2 Å². The molecule has 1 heterocycles. The van der Waals surface area contributed by atoms with E-state index in [-0.39, 0.29) is 0 Å². The highest BCUT2D eigenvalue weighted by atomic mass is 16.5. The largest absolute Gasteiger partial charge is 0.497 e. The number of aliphatic hydroxyl groups is 1. The van der Waals surface area contributed by atoms with Crippen LogP contribution in [0, 0.1) is 6.92 Å². The Morgan fingerprint density at radius 1 is 1.00 bits per heavy atom. The van der Waals surface area contributed by atoms with Gasteiger partial charge < -0.3 is 19.5 Å². The number of ether oxygens (including phenoxy) is 2. The van der Waals surface area contributed by atoms with E-state index in [2.05, 4.69) is 41.0 Å². The van der Waals surface area contributed by atoms with Crippen molar-refractivity contribution >= 4 is 5.69 Å². The molecule has 0 saturated carbocycles. The Bertz CT molecular complexity index is 682. The molecule has 140 valence electrons. The van der Waals surface area contributed by atoms with Crippen LogP contribution in [0.25, 0.3) is 0 Å². The van der Waals surface area contributed by atoms with Gasteiger partial charge >= 0.3 is 0 Å². The van der Waals surface area contributed by atoms with Gasteiger partial charge in [-0.05, 0) is 48.9 Å². The zero-order valence-corrected chi connectivity index (χ0v) is 15.6. The smallest absolute Gasteiger partial charge is 0.119 e. The standard InChI is InChI=1S/C21H28N2O3/c1-17-4-3-5-18(14-17)23-12-10-22(11-13-23)15-19(24)16-26-21-8-6-20(25-2)7-9-21/h3-9,14,19,24H,10-13,15-16H2,1-2H3/t19-/m0/s1. The van der Waals surface area contributed by atoms with E-state index in [0.29, 0.717) is 13.2 Å². The molecule has 0 radical (unpaired) electrons. The molecule has 0 spiro atoms. The normalized spacial score (nSPS) is 16.3. The van der Waals surface area contributed by atoms with Gasteiger partial charge in [-0.15, -0.1) is 0 Å². The van der Waals surface area contributed by atoms with Gasteiger partial charge in [-0.25, -0.2) is 0 Å². The number of rotatable bonds is 7. The molecule has 1 fully saturated rings. The Balaban J connectivity index is 1.40. The fraction of sp³-hybridized carbons (Fsp3) is 0.429. The minimum absolute atomic E-state index is 0.296. The highest BCUT2D eigenvalue weighted by molar-refractivity contribution is 5.48. The van der Waals surface area contributed by atoms with E-state index in [9.17, 15) is 5.11 Å². The van der Waals surface area contributed by atoms with Crippen LogP contribution in [0.4, 0.5) is 5.69 Å². The van der Waals surface area contributed by atoms with E-state index in [0.717, 1.165) is 37.7 Å². The number of methoxy groups -OCH3 is 1. The van der Waals surface area contributed by atoms with Crippen LogP contribution >= 0.6 is 0 Å². The first-order valence-corrected chi connectivity index (χ1v) is 9.13. The van der Waals surface area contributed by atoms with Gasteiger partial charge in [0.15, 0.2) is 0 Å². The summed E-state index contributed by atoms with van der Waals surface area (Å²) >= 11 is 0. The number of hydrogen-bond donors (Lipinski definition) is 1. The number of β-amino-alcohol motifs (C(OH)–C–C–N with tert-alkyl or cyclic N) is 1. The summed E-state index contributed by atoms with van der Waals surface area (Å²) in [7, 11) is 1.64. The molecular weight excluding hydrogens is 328 g/mol. The Morgan fingerprint density at radius 2 is 1.69 bits per heavy atom. The second-order valence-corrected chi connectivity index (χ2v) is 6.77. The Hall–Kier alpha value is -2.24. The van der Waals surface area contributed by atoms with E-state index in [1.54, 1.807) is 7.11 Å². The number of hydrogen-bond acceptors (Lipinski definition) is 5. The minimum Gasteiger partial charge on any atom is -0.497 e. The van der Waals surface area contributed by atoms with Crippen LogP contribution in [0.5, 0.6) is 11.5 Å². The summed E-state index contributed by atoms with van der Waals surface area (Å²) in [5.74, 6) is 1.54. The molecule has 5 heteroatoms. The Morgan fingerprint density at radius 3 is 2.35 bits per heavy atom. The molecule has 1 N–H and O–H groups in total. The number of anilines is 1. The maximum Gasteiger partial charge on any atom is 0.119 e. The quantitative estimate of drug-likeness (QED) is 0.826. The monoisotopic (exact) mass is 356 g/mol. The van der Waals surface area contributed by atoms with Crippen molar-refractivity contribution in [2.45, 2.75) is 13.0 Å². The third kappa shape index (κ3) is 5.13. The Labute approximate surface area is 155 Å². The van der Waals surface area contributed by atoms with Crippen molar-refractivity contribution in [3.63, 3.8) is 0 Å². The lowest BCUT2D eigenvalue weighted by atomic mass is 10.2. The molecule has 2 aromatic carbocycles. The molecule has 1 aliphatic heterocycles. The molecule has 1 saturated heterocycles. The molecule has 0 unspecified atom stereocenters. The van der Waals surface area contributed by atoms with Gasteiger partial charge in [-0.1, -0.05) is 12.1 Å².